The molecule has 1 saturated heterocycles. The van der Waals surface area contributed by atoms with Crippen molar-refractivity contribution >= 4 is 28.0 Å². The van der Waals surface area contributed by atoms with E-state index in [9.17, 15) is 0 Å². The molecule has 0 amide bonds. The van der Waals surface area contributed by atoms with Gasteiger partial charge in [0.1, 0.15) is 5.84 Å². The van der Waals surface area contributed by atoms with E-state index in [0.717, 1.165) is 38.2 Å². The second kappa shape index (κ2) is 8.96. The van der Waals surface area contributed by atoms with Gasteiger partial charge < -0.3 is 10.3 Å². The molecule has 1 unspecified atom stereocenters. The first-order valence-corrected chi connectivity index (χ1v) is 13.5. The topological polar surface area (TPSA) is 52.5 Å². The van der Waals surface area contributed by atoms with Crippen molar-refractivity contribution in [3.8, 4) is 0 Å². The van der Waals surface area contributed by atoms with Crippen LogP contribution in [0.15, 0.2) is 45.9 Å². The van der Waals surface area contributed by atoms with Crippen LogP contribution < -0.4 is 5.32 Å². The van der Waals surface area contributed by atoms with Gasteiger partial charge in [-0.2, -0.15) is 0 Å². The molecule has 6 rings (SSSR count). The molecule has 178 valence electrons. The van der Waals surface area contributed by atoms with E-state index in [-0.39, 0.29) is 0 Å². The number of allylic oxidation sites excluding steroid dienone is 4. The maximum atomic E-state index is 4.94. The van der Waals surface area contributed by atoms with E-state index < -0.39 is 0 Å². The van der Waals surface area contributed by atoms with Gasteiger partial charge in [0.15, 0.2) is 0 Å². The maximum Gasteiger partial charge on any atom is 0.120 e. The van der Waals surface area contributed by atoms with Crippen LogP contribution in [-0.4, -0.2) is 35.7 Å². The molecule has 1 aromatic carbocycles. The molecule has 2 fully saturated rings. The van der Waals surface area contributed by atoms with Crippen LogP contribution in [0.4, 0.5) is 0 Å². The van der Waals surface area contributed by atoms with Crippen molar-refractivity contribution in [1.29, 1.82) is 0 Å². The molecule has 2 bridgehead atoms. The minimum absolute atomic E-state index is 0.380. The Bertz CT molecular complexity index is 1210. The van der Waals surface area contributed by atoms with Crippen LogP contribution in [0.1, 0.15) is 94.4 Å². The number of amidine groups is 1. The highest BCUT2D eigenvalue weighted by Crippen LogP contribution is 2.42. The first-order chi connectivity index (χ1) is 16.6. The third kappa shape index (κ3) is 4.22. The van der Waals surface area contributed by atoms with Crippen LogP contribution in [0, 0.1) is 5.92 Å². The van der Waals surface area contributed by atoms with Crippen LogP contribution >= 0.6 is 0 Å². The second-order valence-electron chi connectivity index (χ2n) is 11.1. The van der Waals surface area contributed by atoms with E-state index in [0.29, 0.717) is 23.8 Å². The fraction of sp³-hybridized carbons (Fsp3) is 0.533. The molecule has 2 N–H and O–H groups in total. The average molecular weight is 455 g/mol. The zero-order valence-electron chi connectivity index (χ0n) is 21.0. The number of hydrogen-bond acceptors (Lipinski definition) is 3. The lowest BCUT2D eigenvalue weighted by molar-refractivity contribution is 0.460. The van der Waals surface area contributed by atoms with Crippen LogP contribution in [0.2, 0.25) is 0 Å². The number of aliphatic imine (C=N–C) groups is 2. The van der Waals surface area contributed by atoms with Gasteiger partial charge in [0.2, 0.25) is 0 Å². The molecular formula is C30H38N4. The zero-order valence-corrected chi connectivity index (χ0v) is 21.0. The van der Waals surface area contributed by atoms with E-state index in [1.165, 1.54) is 70.3 Å². The van der Waals surface area contributed by atoms with Gasteiger partial charge in [0, 0.05) is 28.7 Å². The van der Waals surface area contributed by atoms with Gasteiger partial charge >= 0.3 is 0 Å². The van der Waals surface area contributed by atoms with Crippen molar-refractivity contribution in [1.82, 2.24) is 10.3 Å². The largest absolute Gasteiger partial charge is 0.354 e. The summed E-state index contributed by atoms with van der Waals surface area (Å²) in [5.74, 6) is 2.76. The molecule has 1 atom stereocenters. The number of rotatable bonds is 4. The van der Waals surface area contributed by atoms with Gasteiger partial charge in [-0.3, -0.25) is 4.99 Å². The quantitative estimate of drug-likeness (QED) is 0.518. The molecule has 1 saturated carbocycles. The molecule has 0 spiro atoms. The maximum absolute atomic E-state index is 4.94. The number of benzene rings is 1. The molecule has 34 heavy (non-hydrogen) atoms. The minimum Gasteiger partial charge on any atom is -0.354 e. The fourth-order valence-corrected chi connectivity index (χ4v) is 6.28. The number of nitrogens with zero attached hydrogens (tertiary/aromatic N) is 2. The van der Waals surface area contributed by atoms with Gasteiger partial charge in [-0.1, -0.05) is 26.0 Å². The average Bonchev–Trinajstić information content (AvgIpc) is 3.58. The Morgan fingerprint density at radius 2 is 1.82 bits per heavy atom. The van der Waals surface area contributed by atoms with Gasteiger partial charge in [-0.25, -0.2) is 4.99 Å². The van der Waals surface area contributed by atoms with Crippen molar-refractivity contribution in [2.45, 2.75) is 83.6 Å². The molecular weight excluding hydrogens is 416 g/mol. The molecule has 3 heterocycles. The van der Waals surface area contributed by atoms with Crippen molar-refractivity contribution in [3.63, 3.8) is 0 Å². The Hall–Kier alpha value is -2.46. The molecule has 4 aliphatic rings. The van der Waals surface area contributed by atoms with Crippen molar-refractivity contribution < 1.29 is 0 Å². The van der Waals surface area contributed by atoms with Gasteiger partial charge in [-0.05, 0) is 117 Å². The summed E-state index contributed by atoms with van der Waals surface area (Å²) in [6.07, 6.45) is 13.2. The Kier molecular flexibility index (Phi) is 5.81. The summed E-state index contributed by atoms with van der Waals surface area (Å²) in [4.78, 5) is 13.7. The molecule has 4 heteroatoms. The van der Waals surface area contributed by atoms with Gasteiger partial charge in [-0.15, -0.1) is 0 Å². The van der Waals surface area contributed by atoms with Crippen LogP contribution in [-0.2, 0) is 0 Å². The summed E-state index contributed by atoms with van der Waals surface area (Å²) in [5.41, 5.74) is 9.70. The highest BCUT2D eigenvalue weighted by molar-refractivity contribution is 6.10. The lowest BCUT2D eigenvalue weighted by atomic mass is 9.88. The van der Waals surface area contributed by atoms with Crippen LogP contribution in [0.25, 0.3) is 16.5 Å². The summed E-state index contributed by atoms with van der Waals surface area (Å²) in [7, 11) is 0. The van der Waals surface area contributed by atoms with E-state index in [4.69, 9.17) is 9.98 Å². The lowest BCUT2D eigenvalue weighted by Gasteiger charge is -2.23. The highest BCUT2D eigenvalue weighted by atomic mass is 15.0. The van der Waals surface area contributed by atoms with Crippen LogP contribution in [0.3, 0.4) is 0 Å². The monoisotopic (exact) mass is 454 g/mol. The van der Waals surface area contributed by atoms with E-state index >= 15 is 0 Å². The number of aromatic amines is 1. The number of nitrogens with one attached hydrogen (secondary N) is 2. The summed E-state index contributed by atoms with van der Waals surface area (Å²) in [6, 6.07) is 7.57. The SMILES string of the molecule is CC1=NC2CC/C=C(c3[nH]c4ccc(C5CCNCC5)cc4c3C(C)C)\C=C(\C3CC3)C(=N1)C2. The minimum atomic E-state index is 0.380. The molecule has 2 aliphatic carbocycles. The summed E-state index contributed by atoms with van der Waals surface area (Å²) >= 11 is 0. The smallest absolute Gasteiger partial charge is 0.120 e. The predicted octanol–water partition coefficient (Wildman–Crippen LogP) is 6.90. The number of hydrogen-bond donors (Lipinski definition) is 2. The Morgan fingerprint density at radius 1 is 1.00 bits per heavy atom. The molecule has 1 aromatic heterocycles. The highest BCUT2D eigenvalue weighted by Gasteiger charge is 2.32. The second-order valence-corrected chi connectivity index (χ2v) is 11.1. The number of piperidine rings is 1. The van der Waals surface area contributed by atoms with Crippen molar-refractivity contribution in [3.05, 3.63) is 52.7 Å². The third-order valence-corrected chi connectivity index (χ3v) is 8.16. The number of aromatic nitrogens is 1. The summed E-state index contributed by atoms with van der Waals surface area (Å²) < 4.78 is 0. The van der Waals surface area contributed by atoms with Gasteiger partial charge in [0.05, 0.1) is 6.04 Å². The Morgan fingerprint density at radius 3 is 2.59 bits per heavy atom. The fourth-order valence-electron chi connectivity index (χ4n) is 6.28. The number of H-pyrrole nitrogens is 1. The van der Waals surface area contributed by atoms with Crippen molar-refractivity contribution in [2.75, 3.05) is 13.1 Å². The van der Waals surface area contributed by atoms with Crippen LogP contribution in [0.5, 0.6) is 0 Å². The molecule has 4 nitrogen and oxygen atoms in total. The summed E-state index contributed by atoms with van der Waals surface area (Å²) in [5, 5.41) is 4.93. The third-order valence-electron chi connectivity index (χ3n) is 8.16. The van der Waals surface area contributed by atoms with E-state index in [2.05, 4.69) is 61.4 Å². The Labute approximate surface area is 203 Å². The standard InChI is InChI=1S/C30H38N4/c1-18(2)29-26-15-22(20-11-13-31-14-12-20)9-10-27(26)34-30(29)23-5-4-6-24-17-28(33-19(3)32-24)25(16-23)21-7-8-21/h5,9-10,15-16,18,20-21,24,31,34H,4,6-8,11-14,17H2,1-3H3/b23-5+,25-16-. The van der Waals surface area contributed by atoms with E-state index in [1.807, 2.05) is 0 Å². The Balaban J connectivity index is 1.46. The van der Waals surface area contributed by atoms with E-state index in [1.54, 1.807) is 0 Å². The first-order valence-electron chi connectivity index (χ1n) is 13.5. The van der Waals surface area contributed by atoms with Crippen molar-refractivity contribution in [2.24, 2.45) is 15.9 Å². The molecule has 2 aromatic rings. The van der Waals surface area contributed by atoms with Gasteiger partial charge in [0.25, 0.3) is 0 Å². The molecule has 2 aliphatic heterocycles. The number of fused-ring (bicyclic) bond motifs is 3. The lowest BCUT2D eigenvalue weighted by Crippen LogP contribution is -2.26. The normalized spacial score (nSPS) is 27.2. The molecule has 0 radical (unpaired) electrons. The zero-order chi connectivity index (χ0) is 23.2. The first kappa shape index (κ1) is 22.0. The predicted molar refractivity (Wildman–Crippen MR) is 144 cm³/mol. The summed E-state index contributed by atoms with van der Waals surface area (Å²) in [6.45, 7) is 9.02.